The van der Waals surface area contributed by atoms with Crippen molar-refractivity contribution in [2.45, 2.75) is 30.7 Å². The first-order chi connectivity index (χ1) is 13.2. The van der Waals surface area contributed by atoms with Gasteiger partial charge in [-0.25, -0.2) is 8.42 Å². The van der Waals surface area contributed by atoms with Crippen LogP contribution < -0.4 is 0 Å². The van der Waals surface area contributed by atoms with Gasteiger partial charge in [0.25, 0.3) is 5.91 Å². The van der Waals surface area contributed by atoms with E-state index in [9.17, 15) is 13.2 Å². The lowest BCUT2D eigenvalue weighted by molar-refractivity contribution is 0.0742. The number of nitrogens with zero attached hydrogens (tertiary/aromatic N) is 2. The Balaban J connectivity index is 1.78. The smallest absolute Gasteiger partial charge is 0.254 e. The second kappa shape index (κ2) is 8.41. The van der Waals surface area contributed by atoms with Gasteiger partial charge in [-0.1, -0.05) is 29.3 Å². The molecule has 1 aliphatic rings. The maximum Gasteiger partial charge on any atom is 0.254 e. The number of carbonyl (C=O) groups is 1. The summed E-state index contributed by atoms with van der Waals surface area (Å²) in [6, 6.07) is 11.0. The summed E-state index contributed by atoms with van der Waals surface area (Å²) in [5, 5.41) is 1.02. The highest BCUT2D eigenvalue weighted by molar-refractivity contribution is 7.89. The minimum absolute atomic E-state index is 0.211. The van der Waals surface area contributed by atoms with Gasteiger partial charge in [0.2, 0.25) is 10.0 Å². The molecule has 0 aliphatic carbocycles. The number of amides is 1. The minimum atomic E-state index is -3.49. The maximum atomic E-state index is 12.9. The van der Waals surface area contributed by atoms with E-state index >= 15 is 0 Å². The average Bonchev–Trinajstić information content (AvgIpc) is 3.22. The van der Waals surface area contributed by atoms with Crippen LogP contribution >= 0.6 is 23.2 Å². The van der Waals surface area contributed by atoms with E-state index in [1.807, 2.05) is 6.92 Å². The van der Waals surface area contributed by atoms with Crippen LogP contribution in [-0.2, 0) is 10.0 Å². The largest absolute Gasteiger partial charge is 0.335 e. The zero-order valence-electron chi connectivity index (χ0n) is 15.7. The molecule has 1 atom stereocenters. The van der Waals surface area contributed by atoms with E-state index < -0.39 is 10.0 Å². The van der Waals surface area contributed by atoms with Crippen LogP contribution in [0.5, 0.6) is 0 Å². The van der Waals surface area contributed by atoms with Gasteiger partial charge in [-0.2, -0.15) is 4.31 Å². The van der Waals surface area contributed by atoms with Crippen molar-refractivity contribution in [3.63, 3.8) is 0 Å². The van der Waals surface area contributed by atoms with Gasteiger partial charge in [-0.3, -0.25) is 4.79 Å². The molecule has 0 saturated carbocycles. The molecule has 1 saturated heterocycles. The van der Waals surface area contributed by atoms with Crippen LogP contribution in [0.1, 0.15) is 41.7 Å². The van der Waals surface area contributed by atoms with E-state index in [0.29, 0.717) is 28.7 Å². The summed E-state index contributed by atoms with van der Waals surface area (Å²) in [7, 11) is -1.80. The van der Waals surface area contributed by atoms with Crippen LogP contribution in [0.15, 0.2) is 47.4 Å². The summed E-state index contributed by atoms with van der Waals surface area (Å²) in [6.45, 7) is 2.97. The van der Waals surface area contributed by atoms with E-state index in [-0.39, 0.29) is 16.8 Å². The Morgan fingerprint density at radius 1 is 1.07 bits per heavy atom. The van der Waals surface area contributed by atoms with E-state index in [1.54, 1.807) is 42.3 Å². The molecule has 2 aromatic carbocycles. The number of hydrogen-bond acceptors (Lipinski definition) is 3. The molecular formula is C20H22Cl2N2O3S. The Morgan fingerprint density at radius 3 is 2.25 bits per heavy atom. The number of hydrogen-bond donors (Lipinski definition) is 0. The van der Waals surface area contributed by atoms with Crippen LogP contribution in [0.3, 0.4) is 0 Å². The number of rotatable bonds is 5. The van der Waals surface area contributed by atoms with Crippen LogP contribution in [0, 0.1) is 0 Å². The van der Waals surface area contributed by atoms with E-state index in [0.717, 1.165) is 18.4 Å². The molecule has 1 unspecified atom stereocenters. The first-order valence-corrected chi connectivity index (χ1v) is 11.2. The first kappa shape index (κ1) is 21.1. The predicted octanol–water partition coefficient (Wildman–Crippen LogP) is 4.61. The lowest BCUT2D eigenvalue weighted by Crippen LogP contribution is -2.30. The highest BCUT2D eigenvalue weighted by atomic mass is 35.5. The van der Waals surface area contributed by atoms with Crippen LogP contribution in [0.2, 0.25) is 10.0 Å². The lowest BCUT2D eigenvalue weighted by atomic mass is 10.1. The number of benzene rings is 2. The van der Waals surface area contributed by atoms with Crippen molar-refractivity contribution in [1.82, 2.24) is 9.21 Å². The zero-order valence-corrected chi connectivity index (χ0v) is 18.1. The summed E-state index contributed by atoms with van der Waals surface area (Å²) in [5.41, 5.74) is 1.20. The third-order valence-electron chi connectivity index (χ3n) is 5.12. The lowest BCUT2D eigenvalue weighted by Gasteiger charge is -2.26. The molecule has 8 heteroatoms. The molecule has 150 valence electrons. The van der Waals surface area contributed by atoms with Gasteiger partial charge < -0.3 is 4.90 Å². The van der Waals surface area contributed by atoms with Crippen molar-refractivity contribution in [3.8, 4) is 0 Å². The fraction of sp³-hybridized carbons (Fsp3) is 0.350. The molecule has 0 N–H and O–H groups in total. The van der Waals surface area contributed by atoms with E-state index in [4.69, 9.17) is 23.2 Å². The van der Waals surface area contributed by atoms with E-state index in [2.05, 4.69) is 0 Å². The van der Waals surface area contributed by atoms with Crippen molar-refractivity contribution in [2.24, 2.45) is 0 Å². The second-order valence-electron chi connectivity index (χ2n) is 6.89. The molecular weight excluding hydrogens is 419 g/mol. The van der Waals surface area contributed by atoms with Crippen LogP contribution in [-0.4, -0.2) is 43.7 Å². The van der Waals surface area contributed by atoms with Gasteiger partial charge in [0, 0.05) is 35.7 Å². The summed E-state index contributed by atoms with van der Waals surface area (Å²) in [4.78, 5) is 14.6. The SMILES string of the molecule is CC(c1ccc(Cl)cc1Cl)N(C)C(=O)c1ccc(S(=O)(=O)N2CCCC2)cc1. The maximum absolute atomic E-state index is 12.9. The molecule has 1 heterocycles. The normalized spacial score (nSPS) is 16.1. The predicted molar refractivity (Wildman–Crippen MR) is 111 cm³/mol. The third-order valence-corrected chi connectivity index (χ3v) is 7.59. The number of halogens is 2. The molecule has 0 aromatic heterocycles. The Bertz CT molecular complexity index is 971. The highest BCUT2D eigenvalue weighted by Crippen LogP contribution is 2.30. The molecule has 0 bridgehead atoms. The van der Waals surface area contributed by atoms with Crippen molar-refractivity contribution in [1.29, 1.82) is 0 Å². The molecule has 5 nitrogen and oxygen atoms in total. The molecule has 3 rings (SSSR count). The fourth-order valence-electron chi connectivity index (χ4n) is 3.28. The summed E-state index contributed by atoms with van der Waals surface area (Å²) in [5.74, 6) is -0.219. The fourth-order valence-corrected chi connectivity index (χ4v) is 5.36. The summed E-state index contributed by atoms with van der Waals surface area (Å²) < 4.78 is 26.7. The second-order valence-corrected chi connectivity index (χ2v) is 9.68. The average molecular weight is 441 g/mol. The van der Waals surface area contributed by atoms with Gasteiger partial charge >= 0.3 is 0 Å². The third kappa shape index (κ3) is 4.20. The molecule has 0 spiro atoms. The quantitative estimate of drug-likeness (QED) is 0.681. The number of sulfonamides is 1. The number of carbonyl (C=O) groups excluding carboxylic acids is 1. The van der Waals surface area contributed by atoms with Gasteiger partial charge in [-0.05, 0) is 61.7 Å². The molecule has 28 heavy (non-hydrogen) atoms. The molecule has 1 fully saturated rings. The van der Waals surface area contributed by atoms with Crippen LogP contribution in [0.4, 0.5) is 0 Å². The molecule has 2 aromatic rings. The minimum Gasteiger partial charge on any atom is -0.335 e. The molecule has 1 amide bonds. The van der Waals surface area contributed by atoms with Crippen molar-refractivity contribution in [2.75, 3.05) is 20.1 Å². The highest BCUT2D eigenvalue weighted by Gasteiger charge is 2.27. The topological polar surface area (TPSA) is 57.7 Å². The molecule has 1 aliphatic heterocycles. The van der Waals surface area contributed by atoms with Gasteiger partial charge in [0.05, 0.1) is 10.9 Å². The monoisotopic (exact) mass is 440 g/mol. The Hall–Kier alpha value is -1.60. The summed E-state index contributed by atoms with van der Waals surface area (Å²) >= 11 is 12.2. The zero-order chi connectivity index (χ0) is 20.5. The van der Waals surface area contributed by atoms with Gasteiger partial charge in [-0.15, -0.1) is 0 Å². The standard InChI is InChI=1S/C20H22Cl2N2O3S/c1-14(18-10-7-16(21)13-19(18)22)23(2)20(25)15-5-8-17(9-6-15)28(26,27)24-11-3-4-12-24/h5-10,13-14H,3-4,11-12H2,1-2H3. The first-order valence-electron chi connectivity index (χ1n) is 9.04. The van der Waals surface area contributed by atoms with Gasteiger partial charge in [0.15, 0.2) is 0 Å². The molecule has 0 radical (unpaired) electrons. The Labute approximate surface area is 175 Å². The van der Waals surface area contributed by atoms with E-state index in [1.165, 1.54) is 16.4 Å². The van der Waals surface area contributed by atoms with Crippen molar-refractivity contribution in [3.05, 3.63) is 63.6 Å². The Kier molecular flexibility index (Phi) is 6.34. The summed E-state index contributed by atoms with van der Waals surface area (Å²) in [6.07, 6.45) is 1.76. The van der Waals surface area contributed by atoms with Crippen molar-refractivity contribution >= 4 is 39.1 Å². The van der Waals surface area contributed by atoms with Gasteiger partial charge in [0.1, 0.15) is 0 Å². The Morgan fingerprint density at radius 2 is 1.68 bits per heavy atom. The van der Waals surface area contributed by atoms with Crippen LogP contribution in [0.25, 0.3) is 0 Å². The van der Waals surface area contributed by atoms with Crippen molar-refractivity contribution < 1.29 is 13.2 Å².